The van der Waals surface area contributed by atoms with Crippen LogP contribution in [0.3, 0.4) is 0 Å². The van der Waals surface area contributed by atoms with Crippen molar-refractivity contribution in [1.29, 1.82) is 0 Å². The number of hydrogen-bond donors (Lipinski definition) is 1. The summed E-state index contributed by atoms with van der Waals surface area (Å²) in [5.74, 6) is 2.20. The minimum atomic E-state index is 0.471. The Morgan fingerprint density at radius 2 is 1.83 bits per heavy atom. The Bertz CT molecular complexity index is 348. The van der Waals surface area contributed by atoms with E-state index in [9.17, 15) is 0 Å². The van der Waals surface area contributed by atoms with E-state index in [1.54, 1.807) is 0 Å². The molecule has 0 aliphatic heterocycles. The normalized spacial score (nSPS) is 10.7. The predicted molar refractivity (Wildman–Crippen MR) is 75.1 cm³/mol. The lowest BCUT2D eigenvalue weighted by molar-refractivity contribution is 0.223. The summed E-state index contributed by atoms with van der Waals surface area (Å²) in [4.78, 5) is 0. The maximum absolute atomic E-state index is 5.95. The number of ether oxygens (including phenoxy) is 2. The van der Waals surface area contributed by atoms with Crippen LogP contribution in [0.5, 0.6) is 11.5 Å². The van der Waals surface area contributed by atoms with Gasteiger partial charge >= 0.3 is 0 Å². The molecule has 1 aromatic carbocycles. The molecular weight excluding hydrogens is 226 g/mol. The van der Waals surface area contributed by atoms with Crippen LogP contribution in [0.4, 0.5) is 0 Å². The Balaban J connectivity index is 2.83. The summed E-state index contributed by atoms with van der Waals surface area (Å²) in [6, 6.07) is 5.88. The molecular formula is C15H25NO2. The van der Waals surface area contributed by atoms with Gasteiger partial charge in [-0.15, -0.1) is 0 Å². The molecule has 3 nitrogen and oxygen atoms in total. The van der Waals surface area contributed by atoms with Gasteiger partial charge in [-0.05, 0) is 18.9 Å². The highest BCUT2D eigenvalue weighted by Gasteiger charge is 2.12. The van der Waals surface area contributed by atoms with Gasteiger partial charge in [0.1, 0.15) is 0 Å². The second-order valence-corrected chi connectivity index (χ2v) is 4.38. The van der Waals surface area contributed by atoms with Crippen molar-refractivity contribution in [3.05, 3.63) is 23.8 Å². The third-order valence-electron chi connectivity index (χ3n) is 3.20. The highest BCUT2D eigenvalue weighted by molar-refractivity contribution is 5.46. The molecule has 1 aromatic rings. The van der Waals surface area contributed by atoms with Crippen LogP contribution in [0.25, 0.3) is 0 Å². The van der Waals surface area contributed by atoms with Gasteiger partial charge in [0.05, 0.1) is 13.2 Å². The van der Waals surface area contributed by atoms with E-state index >= 15 is 0 Å². The Hall–Kier alpha value is -1.22. The van der Waals surface area contributed by atoms with Gasteiger partial charge in [-0.2, -0.15) is 0 Å². The van der Waals surface area contributed by atoms with Crippen LogP contribution in [0, 0.1) is 5.92 Å². The zero-order valence-corrected chi connectivity index (χ0v) is 11.7. The van der Waals surface area contributed by atoms with Gasteiger partial charge in [-0.25, -0.2) is 0 Å². The molecule has 0 heterocycles. The highest BCUT2D eigenvalue weighted by Crippen LogP contribution is 2.31. The Morgan fingerprint density at radius 3 is 2.39 bits per heavy atom. The van der Waals surface area contributed by atoms with Crippen molar-refractivity contribution in [2.24, 2.45) is 11.7 Å². The Morgan fingerprint density at radius 1 is 1.11 bits per heavy atom. The van der Waals surface area contributed by atoms with Crippen molar-refractivity contribution in [2.75, 3.05) is 13.2 Å². The fourth-order valence-electron chi connectivity index (χ4n) is 1.88. The second-order valence-electron chi connectivity index (χ2n) is 4.38. The number of para-hydroxylation sites is 1. The van der Waals surface area contributed by atoms with Crippen molar-refractivity contribution in [1.82, 2.24) is 0 Å². The molecule has 18 heavy (non-hydrogen) atoms. The van der Waals surface area contributed by atoms with Crippen LogP contribution in [0.15, 0.2) is 18.2 Å². The third kappa shape index (κ3) is 3.91. The number of benzene rings is 1. The van der Waals surface area contributed by atoms with E-state index in [4.69, 9.17) is 15.2 Å². The summed E-state index contributed by atoms with van der Waals surface area (Å²) in [6.07, 6.45) is 2.26. The second kappa shape index (κ2) is 7.98. The standard InChI is InChI=1S/C15H25NO2/c1-4-12(5-2)11-18-15-13(10-16)8-7-9-14(15)17-6-3/h7-9,12H,4-6,10-11,16H2,1-3H3. The lowest BCUT2D eigenvalue weighted by Crippen LogP contribution is -2.13. The summed E-state index contributed by atoms with van der Waals surface area (Å²) in [5, 5.41) is 0. The fraction of sp³-hybridized carbons (Fsp3) is 0.600. The first kappa shape index (κ1) is 14.8. The monoisotopic (exact) mass is 251 g/mol. The van der Waals surface area contributed by atoms with Crippen LogP contribution in [0.1, 0.15) is 39.2 Å². The average molecular weight is 251 g/mol. The summed E-state index contributed by atoms with van der Waals surface area (Å²) in [7, 11) is 0. The molecule has 0 saturated carbocycles. The van der Waals surface area contributed by atoms with E-state index in [1.165, 1.54) is 0 Å². The Labute approximate surface area is 110 Å². The fourth-order valence-corrected chi connectivity index (χ4v) is 1.88. The Kier molecular flexibility index (Phi) is 6.58. The van der Waals surface area contributed by atoms with Gasteiger partial charge in [0.15, 0.2) is 11.5 Å². The van der Waals surface area contributed by atoms with Gasteiger partial charge in [-0.3, -0.25) is 0 Å². The first-order valence-electron chi connectivity index (χ1n) is 6.84. The van der Waals surface area contributed by atoms with E-state index in [2.05, 4.69) is 13.8 Å². The molecule has 0 aromatic heterocycles. The van der Waals surface area contributed by atoms with Crippen molar-refractivity contribution >= 4 is 0 Å². The van der Waals surface area contributed by atoms with Crippen LogP contribution in [-0.4, -0.2) is 13.2 Å². The molecule has 102 valence electrons. The molecule has 0 unspecified atom stereocenters. The minimum absolute atomic E-state index is 0.471. The third-order valence-corrected chi connectivity index (χ3v) is 3.20. The zero-order valence-electron chi connectivity index (χ0n) is 11.7. The zero-order chi connectivity index (χ0) is 13.4. The van der Waals surface area contributed by atoms with E-state index < -0.39 is 0 Å². The van der Waals surface area contributed by atoms with E-state index in [0.717, 1.165) is 36.5 Å². The van der Waals surface area contributed by atoms with E-state index in [1.807, 2.05) is 25.1 Å². The predicted octanol–water partition coefficient (Wildman–Crippen LogP) is 3.36. The van der Waals surface area contributed by atoms with Crippen molar-refractivity contribution in [3.8, 4) is 11.5 Å². The van der Waals surface area contributed by atoms with Gasteiger partial charge < -0.3 is 15.2 Å². The van der Waals surface area contributed by atoms with Crippen LogP contribution in [0.2, 0.25) is 0 Å². The molecule has 0 aliphatic carbocycles. The largest absolute Gasteiger partial charge is 0.490 e. The molecule has 0 radical (unpaired) electrons. The molecule has 0 fully saturated rings. The molecule has 0 atom stereocenters. The van der Waals surface area contributed by atoms with Crippen molar-refractivity contribution in [3.63, 3.8) is 0 Å². The lowest BCUT2D eigenvalue weighted by atomic mass is 10.1. The molecule has 0 bridgehead atoms. The quantitative estimate of drug-likeness (QED) is 0.770. The molecule has 1 rings (SSSR count). The molecule has 0 amide bonds. The van der Waals surface area contributed by atoms with Crippen molar-refractivity contribution < 1.29 is 9.47 Å². The maximum Gasteiger partial charge on any atom is 0.165 e. The maximum atomic E-state index is 5.95. The van der Waals surface area contributed by atoms with Gasteiger partial charge in [0.25, 0.3) is 0 Å². The highest BCUT2D eigenvalue weighted by atomic mass is 16.5. The average Bonchev–Trinajstić information content (AvgIpc) is 2.41. The van der Waals surface area contributed by atoms with Gasteiger partial charge in [0.2, 0.25) is 0 Å². The van der Waals surface area contributed by atoms with E-state index in [-0.39, 0.29) is 0 Å². The van der Waals surface area contributed by atoms with Crippen LogP contribution < -0.4 is 15.2 Å². The smallest absolute Gasteiger partial charge is 0.165 e. The summed E-state index contributed by atoms with van der Waals surface area (Å²) < 4.78 is 11.5. The molecule has 0 saturated heterocycles. The molecule has 0 spiro atoms. The van der Waals surface area contributed by atoms with Crippen LogP contribution >= 0.6 is 0 Å². The summed E-state index contributed by atoms with van der Waals surface area (Å²) in [5.41, 5.74) is 6.76. The first-order chi connectivity index (χ1) is 8.76. The lowest BCUT2D eigenvalue weighted by Gasteiger charge is -2.18. The van der Waals surface area contributed by atoms with Crippen molar-refractivity contribution in [2.45, 2.75) is 40.2 Å². The van der Waals surface area contributed by atoms with Gasteiger partial charge in [-0.1, -0.05) is 38.8 Å². The number of hydrogen-bond acceptors (Lipinski definition) is 3. The minimum Gasteiger partial charge on any atom is -0.490 e. The number of nitrogens with two attached hydrogens (primary N) is 1. The molecule has 2 N–H and O–H groups in total. The van der Waals surface area contributed by atoms with Gasteiger partial charge in [0, 0.05) is 12.1 Å². The number of rotatable bonds is 8. The summed E-state index contributed by atoms with van der Waals surface area (Å²) in [6.45, 7) is 8.18. The van der Waals surface area contributed by atoms with E-state index in [0.29, 0.717) is 19.1 Å². The SMILES string of the molecule is CCOc1cccc(CN)c1OCC(CC)CC. The molecule has 0 aliphatic rings. The topological polar surface area (TPSA) is 44.5 Å². The first-order valence-corrected chi connectivity index (χ1v) is 6.84. The van der Waals surface area contributed by atoms with Crippen LogP contribution in [-0.2, 0) is 6.54 Å². The summed E-state index contributed by atoms with van der Waals surface area (Å²) >= 11 is 0. The molecule has 3 heteroatoms.